The molecule has 0 aliphatic heterocycles. The summed E-state index contributed by atoms with van der Waals surface area (Å²) < 4.78 is 1.09. The molecular weight excluding hydrogens is 224 g/mol. The Labute approximate surface area is 90.4 Å². The lowest BCUT2D eigenvalue weighted by molar-refractivity contribution is 0.279. The van der Waals surface area contributed by atoms with Crippen molar-refractivity contribution < 1.29 is 5.11 Å². The topological polar surface area (TPSA) is 20.2 Å². The van der Waals surface area contributed by atoms with E-state index in [0.717, 1.165) is 15.6 Å². The number of aliphatic hydroxyl groups excluding tert-OH is 1. The van der Waals surface area contributed by atoms with Gasteiger partial charge in [0.25, 0.3) is 0 Å². The summed E-state index contributed by atoms with van der Waals surface area (Å²) in [4.78, 5) is 0.676. The van der Waals surface area contributed by atoms with Crippen molar-refractivity contribution in [3.63, 3.8) is 0 Å². The summed E-state index contributed by atoms with van der Waals surface area (Å²) in [5.74, 6) is 0. The summed E-state index contributed by atoms with van der Waals surface area (Å²) in [6.07, 6.45) is 0. The van der Waals surface area contributed by atoms with Gasteiger partial charge in [0.2, 0.25) is 0 Å². The highest BCUT2D eigenvalue weighted by molar-refractivity contribution is 7.80. The van der Waals surface area contributed by atoms with Gasteiger partial charge >= 0.3 is 0 Å². The molecule has 1 heterocycles. The van der Waals surface area contributed by atoms with Gasteiger partial charge in [-0.15, -0.1) is 24.0 Å². The van der Waals surface area contributed by atoms with Crippen molar-refractivity contribution >= 4 is 45.7 Å². The summed E-state index contributed by atoms with van der Waals surface area (Å²) in [6.45, 7) is -0.0214. The first-order valence-corrected chi connectivity index (χ1v) is 5.43. The van der Waals surface area contributed by atoms with Gasteiger partial charge in [-0.25, -0.2) is 0 Å². The maximum Gasteiger partial charge on any atom is 0.0693 e. The summed E-state index contributed by atoms with van der Waals surface area (Å²) in [5, 5.41) is 12.7. The van der Waals surface area contributed by atoms with Crippen molar-refractivity contribution in [1.82, 2.24) is 0 Å². The largest absolute Gasteiger partial charge is 0.392 e. The maximum absolute atomic E-state index is 9.04. The van der Waals surface area contributed by atoms with E-state index in [1.165, 1.54) is 0 Å². The first-order valence-electron chi connectivity index (χ1n) is 3.72. The molecule has 0 fully saturated rings. The van der Waals surface area contributed by atoms with Gasteiger partial charge in [-0.3, -0.25) is 0 Å². The molecule has 1 N–H and O–H groups in total. The lowest BCUT2D eigenvalue weighted by Gasteiger charge is -2.04. The third-order valence-corrected chi connectivity index (χ3v) is 3.82. The van der Waals surface area contributed by atoms with E-state index in [1.807, 2.05) is 17.5 Å². The van der Waals surface area contributed by atoms with Crippen LogP contribution in [-0.4, -0.2) is 5.11 Å². The molecule has 0 spiro atoms. The molecule has 0 amide bonds. The van der Waals surface area contributed by atoms with Crippen LogP contribution in [0.25, 0.3) is 10.1 Å². The highest BCUT2D eigenvalue weighted by Crippen LogP contribution is 2.35. The molecule has 0 unspecified atom stereocenters. The molecule has 68 valence electrons. The standard InChI is InChI=1S/C9H7ClOS2/c10-8-6-1-2-13-7(6)3-5(4-11)9(8)12/h1-3,11-12H,4H2. The highest BCUT2D eigenvalue weighted by Gasteiger charge is 2.08. The van der Waals surface area contributed by atoms with Crippen molar-refractivity contribution in [2.24, 2.45) is 0 Å². The average Bonchev–Trinajstić information content (AvgIpc) is 2.59. The van der Waals surface area contributed by atoms with Crippen LogP contribution in [0, 0.1) is 0 Å². The van der Waals surface area contributed by atoms with Crippen molar-refractivity contribution in [3.8, 4) is 0 Å². The van der Waals surface area contributed by atoms with E-state index < -0.39 is 0 Å². The number of halogens is 1. The van der Waals surface area contributed by atoms with E-state index in [2.05, 4.69) is 12.6 Å². The summed E-state index contributed by atoms with van der Waals surface area (Å²) >= 11 is 11.9. The molecule has 1 aromatic heterocycles. The molecule has 0 saturated carbocycles. The Hall–Kier alpha value is -0.220. The van der Waals surface area contributed by atoms with Gasteiger partial charge in [-0.2, -0.15) is 0 Å². The quantitative estimate of drug-likeness (QED) is 0.720. The Bertz CT molecular complexity index is 450. The Balaban J connectivity index is 2.83. The highest BCUT2D eigenvalue weighted by atomic mass is 35.5. The van der Waals surface area contributed by atoms with Gasteiger partial charge in [-0.05, 0) is 23.1 Å². The van der Waals surface area contributed by atoms with E-state index in [1.54, 1.807) is 11.3 Å². The fourth-order valence-electron chi connectivity index (χ4n) is 1.23. The lowest BCUT2D eigenvalue weighted by atomic mass is 10.2. The van der Waals surface area contributed by atoms with Crippen LogP contribution in [0.5, 0.6) is 0 Å². The van der Waals surface area contributed by atoms with Gasteiger partial charge in [-0.1, -0.05) is 11.6 Å². The number of thiol groups is 1. The Morgan fingerprint density at radius 1 is 1.54 bits per heavy atom. The molecule has 0 saturated heterocycles. The molecule has 0 radical (unpaired) electrons. The van der Waals surface area contributed by atoms with Crippen LogP contribution in [-0.2, 0) is 6.61 Å². The fraction of sp³-hybridized carbons (Fsp3) is 0.111. The minimum Gasteiger partial charge on any atom is -0.392 e. The van der Waals surface area contributed by atoms with Crippen LogP contribution in [0.1, 0.15) is 5.56 Å². The van der Waals surface area contributed by atoms with Crippen LogP contribution < -0.4 is 0 Å². The molecule has 13 heavy (non-hydrogen) atoms. The molecule has 1 nitrogen and oxygen atoms in total. The second-order valence-corrected chi connectivity index (χ2v) is 4.46. The van der Waals surface area contributed by atoms with Gasteiger partial charge in [0.15, 0.2) is 0 Å². The van der Waals surface area contributed by atoms with Crippen LogP contribution >= 0.6 is 35.6 Å². The van der Waals surface area contributed by atoms with Gasteiger partial charge in [0.05, 0.1) is 11.6 Å². The van der Waals surface area contributed by atoms with E-state index >= 15 is 0 Å². The number of hydrogen-bond donors (Lipinski definition) is 2. The molecule has 1 aromatic carbocycles. The number of rotatable bonds is 1. The number of thiophene rings is 1. The molecule has 2 rings (SSSR count). The minimum absolute atomic E-state index is 0.0214. The molecule has 4 heteroatoms. The summed E-state index contributed by atoms with van der Waals surface area (Å²) in [7, 11) is 0. The third kappa shape index (κ3) is 1.46. The normalized spacial score (nSPS) is 11.0. The lowest BCUT2D eigenvalue weighted by Crippen LogP contribution is -1.86. The number of benzene rings is 1. The number of aliphatic hydroxyl groups is 1. The van der Waals surface area contributed by atoms with E-state index in [9.17, 15) is 0 Å². The van der Waals surface area contributed by atoms with E-state index in [0.29, 0.717) is 9.92 Å². The summed E-state index contributed by atoms with van der Waals surface area (Å²) in [5.41, 5.74) is 0.781. The van der Waals surface area contributed by atoms with E-state index in [4.69, 9.17) is 16.7 Å². The first-order chi connectivity index (χ1) is 6.24. The molecule has 0 bridgehead atoms. The van der Waals surface area contributed by atoms with Crippen molar-refractivity contribution in [2.75, 3.05) is 0 Å². The Kier molecular flexibility index (Phi) is 2.51. The van der Waals surface area contributed by atoms with Gasteiger partial charge < -0.3 is 5.11 Å². The smallest absolute Gasteiger partial charge is 0.0693 e. The Morgan fingerprint density at radius 2 is 2.31 bits per heavy atom. The zero-order chi connectivity index (χ0) is 9.42. The monoisotopic (exact) mass is 230 g/mol. The molecule has 0 aliphatic carbocycles. The molecule has 2 aromatic rings. The van der Waals surface area contributed by atoms with Crippen molar-refractivity contribution in [3.05, 3.63) is 28.1 Å². The number of fused-ring (bicyclic) bond motifs is 1. The SMILES string of the molecule is OCc1cc2sccc2c(Cl)c1S. The predicted molar refractivity (Wildman–Crippen MR) is 60.0 cm³/mol. The van der Waals surface area contributed by atoms with Crippen LogP contribution in [0.15, 0.2) is 22.4 Å². The van der Waals surface area contributed by atoms with Crippen LogP contribution in [0.4, 0.5) is 0 Å². The van der Waals surface area contributed by atoms with Crippen LogP contribution in [0.2, 0.25) is 5.02 Å². The molecule has 0 aliphatic rings. The maximum atomic E-state index is 9.04. The Morgan fingerprint density at radius 3 is 3.00 bits per heavy atom. The second-order valence-electron chi connectivity index (χ2n) is 2.69. The first kappa shape index (κ1) is 9.34. The number of hydrogen-bond acceptors (Lipinski definition) is 3. The van der Waals surface area contributed by atoms with Crippen LogP contribution in [0.3, 0.4) is 0 Å². The average molecular weight is 231 g/mol. The van der Waals surface area contributed by atoms with E-state index in [-0.39, 0.29) is 6.61 Å². The summed E-state index contributed by atoms with van der Waals surface area (Å²) in [6, 6.07) is 3.89. The fourth-order valence-corrected chi connectivity index (χ4v) is 2.69. The van der Waals surface area contributed by atoms with Crippen molar-refractivity contribution in [2.45, 2.75) is 11.5 Å². The van der Waals surface area contributed by atoms with Gasteiger partial charge in [0.1, 0.15) is 0 Å². The second kappa shape index (κ2) is 3.50. The van der Waals surface area contributed by atoms with Crippen molar-refractivity contribution in [1.29, 1.82) is 0 Å². The minimum atomic E-state index is -0.0214. The molecule has 0 atom stereocenters. The zero-order valence-corrected chi connectivity index (χ0v) is 9.09. The zero-order valence-electron chi connectivity index (χ0n) is 6.62. The third-order valence-electron chi connectivity index (χ3n) is 1.92. The van der Waals surface area contributed by atoms with Gasteiger partial charge in [0, 0.05) is 15.0 Å². The molecular formula is C9H7ClOS2. The predicted octanol–water partition coefficient (Wildman–Crippen LogP) is 3.34.